The number of hydrogen-bond donors (Lipinski definition) is 2. The van der Waals surface area contributed by atoms with Crippen LogP contribution in [0.3, 0.4) is 0 Å². The summed E-state index contributed by atoms with van der Waals surface area (Å²) < 4.78 is 15.2. The van der Waals surface area contributed by atoms with E-state index < -0.39 is 5.92 Å². The Morgan fingerprint density at radius 3 is 2.96 bits per heavy atom. The van der Waals surface area contributed by atoms with Crippen LogP contribution in [0.15, 0.2) is 24.5 Å². The minimum Gasteiger partial charge on any atom is -0.311 e. The highest BCUT2D eigenvalue weighted by atomic mass is 19.1. The van der Waals surface area contributed by atoms with Crippen molar-refractivity contribution < 1.29 is 9.18 Å². The van der Waals surface area contributed by atoms with Crippen molar-refractivity contribution >= 4 is 17.4 Å². The fourth-order valence-electron chi connectivity index (χ4n) is 2.70. The summed E-state index contributed by atoms with van der Waals surface area (Å²) >= 11 is 0. The van der Waals surface area contributed by atoms with Crippen LogP contribution in [-0.4, -0.2) is 25.5 Å². The predicted molar refractivity (Wildman–Crippen MR) is 87.5 cm³/mol. The molecule has 3 aromatic rings. The molecule has 0 radical (unpaired) electrons. The molecule has 1 saturated carbocycles. The molecule has 6 nitrogen and oxygen atoms in total. The monoisotopic (exact) mass is 327 g/mol. The first-order valence-corrected chi connectivity index (χ1v) is 8.02. The van der Waals surface area contributed by atoms with Gasteiger partial charge in [-0.25, -0.2) is 9.37 Å². The lowest BCUT2D eigenvalue weighted by Crippen LogP contribution is -2.19. The Hall–Kier alpha value is -2.70. The Balaban J connectivity index is 1.53. The molecule has 0 bridgehead atoms. The summed E-state index contributed by atoms with van der Waals surface area (Å²) in [7, 11) is 0. The molecule has 0 spiro atoms. The van der Waals surface area contributed by atoms with Crippen molar-refractivity contribution in [2.75, 3.05) is 5.32 Å². The van der Waals surface area contributed by atoms with Gasteiger partial charge in [0.1, 0.15) is 17.3 Å². The SMILES string of the molecule is Cc1cc2nc([C@@H](C)C(=O)Nc3cc(C4CC4)n[nH]3)cn2cc1F. The van der Waals surface area contributed by atoms with E-state index in [9.17, 15) is 9.18 Å². The molecule has 1 atom stereocenters. The Morgan fingerprint density at radius 1 is 1.42 bits per heavy atom. The van der Waals surface area contributed by atoms with Gasteiger partial charge in [0, 0.05) is 24.4 Å². The van der Waals surface area contributed by atoms with Crippen molar-refractivity contribution in [3.05, 3.63) is 47.3 Å². The molecule has 24 heavy (non-hydrogen) atoms. The number of aryl methyl sites for hydroxylation is 1. The fraction of sp³-hybridized carbons (Fsp3) is 0.353. The van der Waals surface area contributed by atoms with E-state index in [0.29, 0.717) is 28.6 Å². The largest absolute Gasteiger partial charge is 0.311 e. The maximum Gasteiger partial charge on any atom is 0.234 e. The number of carbonyl (C=O) groups is 1. The van der Waals surface area contributed by atoms with Crippen LogP contribution in [0.4, 0.5) is 10.2 Å². The van der Waals surface area contributed by atoms with E-state index in [1.54, 1.807) is 30.5 Å². The lowest BCUT2D eigenvalue weighted by molar-refractivity contribution is -0.117. The van der Waals surface area contributed by atoms with Gasteiger partial charge in [0.05, 0.1) is 17.3 Å². The van der Waals surface area contributed by atoms with Gasteiger partial charge in [-0.05, 0) is 38.3 Å². The number of rotatable bonds is 4. The van der Waals surface area contributed by atoms with Crippen molar-refractivity contribution in [2.24, 2.45) is 0 Å². The van der Waals surface area contributed by atoms with Crippen molar-refractivity contribution in [3.8, 4) is 0 Å². The standard InChI is InChI=1S/C17H18FN5O/c1-9-5-16-19-14(8-23(16)7-12(9)18)10(2)17(24)20-15-6-13(21-22-15)11-3-4-11/h5-8,10-11H,3-4H2,1-2H3,(H2,20,21,22,24)/t10-/m1/s1. The maximum absolute atomic E-state index is 13.6. The Bertz CT molecular complexity index is 885. The van der Waals surface area contributed by atoms with Crippen molar-refractivity contribution in [2.45, 2.75) is 38.5 Å². The van der Waals surface area contributed by atoms with Gasteiger partial charge in [-0.2, -0.15) is 5.10 Å². The molecule has 7 heteroatoms. The number of carbonyl (C=O) groups excluding carboxylic acids is 1. The fourth-order valence-corrected chi connectivity index (χ4v) is 2.70. The molecule has 1 fully saturated rings. The van der Waals surface area contributed by atoms with E-state index in [0.717, 1.165) is 18.5 Å². The smallest absolute Gasteiger partial charge is 0.234 e. The Morgan fingerprint density at radius 2 is 2.21 bits per heavy atom. The first-order chi connectivity index (χ1) is 11.5. The second-order valence-corrected chi connectivity index (χ2v) is 6.43. The molecule has 3 aromatic heterocycles. The maximum atomic E-state index is 13.6. The van der Waals surface area contributed by atoms with Crippen LogP contribution in [0.2, 0.25) is 0 Å². The number of H-pyrrole nitrogens is 1. The molecule has 1 aliphatic carbocycles. The van der Waals surface area contributed by atoms with Crippen LogP contribution in [0.1, 0.15) is 48.6 Å². The van der Waals surface area contributed by atoms with Gasteiger partial charge in [-0.15, -0.1) is 0 Å². The highest BCUT2D eigenvalue weighted by molar-refractivity contribution is 5.94. The summed E-state index contributed by atoms with van der Waals surface area (Å²) in [6, 6.07) is 3.55. The highest BCUT2D eigenvalue weighted by Gasteiger charge is 2.27. The number of amides is 1. The van der Waals surface area contributed by atoms with E-state index in [4.69, 9.17) is 0 Å². The molecular formula is C17H18FN5O. The topological polar surface area (TPSA) is 75.1 Å². The van der Waals surface area contributed by atoms with Gasteiger partial charge < -0.3 is 9.72 Å². The minimum atomic E-state index is -0.457. The van der Waals surface area contributed by atoms with Gasteiger partial charge in [-0.1, -0.05) is 0 Å². The van der Waals surface area contributed by atoms with Gasteiger partial charge >= 0.3 is 0 Å². The summed E-state index contributed by atoms with van der Waals surface area (Å²) in [5.74, 6) is 0.191. The molecule has 124 valence electrons. The van der Waals surface area contributed by atoms with Crippen LogP contribution >= 0.6 is 0 Å². The number of nitrogens with one attached hydrogen (secondary N) is 2. The van der Waals surface area contributed by atoms with Crippen LogP contribution in [-0.2, 0) is 4.79 Å². The zero-order valence-corrected chi connectivity index (χ0v) is 13.5. The van der Waals surface area contributed by atoms with Crippen LogP contribution in [0.5, 0.6) is 0 Å². The molecule has 0 aliphatic heterocycles. The number of pyridine rings is 1. The Labute approximate surface area is 138 Å². The minimum absolute atomic E-state index is 0.179. The number of imidazole rings is 1. The van der Waals surface area contributed by atoms with Crippen molar-refractivity contribution in [1.82, 2.24) is 19.6 Å². The van der Waals surface area contributed by atoms with Crippen molar-refractivity contribution in [1.29, 1.82) is 0 Å². The predicted octanol–water partition coefficient (Wildman–Crippen LogP) is 3.12. The number of halogens is 1. The van der Waals surface area contributed by atoms with E-state index in [1.807, 2.05) is 6.07 Å². The third kappa shape index (κ3) is 2.66. The number of hydrogen-bond acceptors (Lipinski definition) is 3. The second-order valence-electron chi connectivity index (χ2n) is 6.43. The number of aromatic nitrogens is 4. The molecular weight excluding hydrogens is 309 g/mol. The summed E-state index contributed by atoms with van der Waals surface area (Å²) in [5.41, 5.74) is 2.75. The zero-order valence-electron chi connectivity index (χ0n) is 13.5. The lowest BCUT2D eigenvalue weighted by Gasteiger charge is -2.07. The van der Waals surface area contributed by atoms with Gasteiger partial charge in [-0.3, -0.25) is 9.89 Å². The van der Waals surface area contributed by atoms with Crippen LogP contribution in [0.25, 0.3) is 5.65 Å². The number of anilines is 1. The molecule has 0 saturated heterocycles. The van der Waals surface area contributed by atoms with E-state index >= 15 is 0 Å². The number of nitrogens with zero attached hydrogens (tertiary/aromatic N) is 3. The van der Waals surface area contributed by atoms with E-state index in [-0.39, 0.29) is 11.7 Å². The molecule has 0 unspecified atom stereocenters. The molecule has 1 aliphatic rings. The summed E-state index contributed by atoms with van der Waals surface area (Å²) in [6.45, 7) is 3.47. The van der Waals surface area contributed by atoms with E-state index in [2.05, 4.69) is 20.5 Å². The summed E-state index contributed by atoms with van der Waals surface area (Å²) in [5, 5.41) is 9.90. The average Bonchev–Trinajstić information content (AvgIpc) is 3.17. The van der Waals surface area contributed by atoms with Gasteiger partial charge in [0.25, 0.3) is 0 Å². The number of aromatic amines is 1. The lowest BCUT2D eigenvalue weighted by atomic mass is 10.1. The Kier molecular flexibility index (Phi) is 3.37. The molecule has 0 aromatic carbocycles. The normalized spacial score (nSPS) is 15.6. The molecule has 3 heterocycles. The second kappa shape index (κ2) is 5.43. The van der Waals surface area contributed by atoms with Gasteiger partial charge in [0.2, 0.25) is 5.91 Å². The highest BCUT2D eigenvalue weighted by Crippen LogP contribution is 2.39. The third-order valence-electron chi connectivity index (χ3n) is 4.44. The third-order valence-corrected chi connectivity index (χ3v) is 4.44. The average molecular weight is 327 g/mol. The quantitative estimate of drug-likeness (QED) is 0.773. The first-order valence-electron chi connectivity index (χ1n) is 8.02. The molecule has 2 N–H and O–H groups in total. The van der Waals surface area contributed by atoms with Crippen LogP contribution < -0.4 is 5.32 Å². The van der Waals surface area contributed by atoms with Gasteiger partial charge in [0.15, 0.2) is 0 Å². The molecule has 1 amide bonds. The summed E-state index contributed by atoms with van der Waals surface area (Å²) in [6.07, 6.45) is 5.38. The van der Waals surface area contributed by atoms with Crippen LogP contribution in [0, 0.1) is 12.7 Å². The first kappa shape index (κ1) is 14.9. The van der Waals surface area contributed by atoms with E-state index in [1.165, 1.54) is 6.20 Å². The molecule has 4 rings (SSSR count). The zero-order chi connectivity index (χ0) is 16.8. The number of fused-ring (bicyclic) bond motifs is 1. The summed E-state index contributed by atoms with van der Waals surface area (Å²) in [4.78, 5) is 16.9. The van der Waals surface area contributed by atoms with Crippen molar-refractivity contribution in [3.63, 3.8) is 0 Å².